The van der Waals surface area contributed by atoms with Crippen molar-refractivity contribution in [3.8, 4) is 0 Å². The van der Waals surface area contributed by atoms with Crippen LogP contribution in [-0.4, -0.2) is 28.6 Å². The minimum atomic E-state index is 0.116. The highest BCUT2D eigenvalue weighted by atomic mass is 15.2. The van der Waals surface area contributed by atoms with Gasteiger partial charge < -0.3 is 10.2 Å². The van der Waals surface area contributed by atoms with Gasteiger partial charge in [0.25, 0.3) is 0 Å². The molecule has 0 saturated heterocycles. The fourth-order valence-corrected chi connectivity index (χ4v) is 1.80. The lowest BCUT2D eigenvalue weighted by Gasteiger charge is -2.24. The molecule has 0 aliphatic carbocycles. The largest absolute Gasteiger partial charge is 0.341 e. The van der Waals surface area contributed by atoms with Gasteiger partial charge in [-0.3, -0.25) is 0 Å². The molecular weight excluding hydrogens is 236 g/mol. The van der Waals surface area contributed by atoms with Crippen LogP contribution in [0, 0.1) is 0 Å². The average molecular weight is 264 g/mol. The Morgan fingerprint density at radius 2 is 1.84 bits per heavy atom. The van der Waals surface area contributed by atoms with E-state index in [1.165, 1.54) is 6.42 Å². The number of hydrogen-bond donors (Lipinski definition) is 1. The van der Waals surface area contributed by atoms with Gasteiger partial charge in [0.1, 0.15) is 0 Å². The third-order valence-electron chi connectivity index (χ3n) is 3.20. The number of rotatable bonds is 6. The van der Waals surface area contributed by atoms with Gasteiger partial charge in [0, 0.05) is 43.1 Å². The summed E-state index contributed by atoms with van der Waals surface area (Å²) < 4.78 is 0. The number of aromatic nitrogens is 2. The highest BCUT2D eigenvalue weighted by Gasteiger charge is 2.12. The first-order chi connectivity index (χ1) is 8.83. The van der Waals surface area contributed by atoms with Gasteiger partial charge in [-0.25, -0.2) is 9.97 Å². The summed E-state index contributed by atoms with van der Waals surface area (Å²) >= 11 is 0. The van der Waals surface area contributed by atoms with E-state index < -0.39 is 0 Å². The van der Waals surface area contributed by atoms with Crippen molar-refractivity contribution in [1.29, 1.82) is 0 Å². The van der Waals surface area contributed by atoms with Gasteiger partial charge in [-0.2, -0.15) is 0 Å². The van der Waals surface area contributed by atoms with Crippen molar-refractivity contribution in [2.24, 2.45) is 0 Å². The van der Waals surface area contributed by atoms with E-state index in [4.69, 9.17) is 0 Å². The van der Waals surface area contributed by atoms with Gasteiger partial charge in [0.05, 0.1) is 0 Å². The summed E-state index contributed by atoms with van der Waals surface area (Å²) in [7, 11) is 2.06. The molecule has 0 bridgehead atoms. The molecule has 4 heteroatoms. The summed E-state index contributed by atoms with van der Waals surface area (Å²) in [4.78, 5) is 11.1. The molecule has 0 radical (unpaired) electrons. The van der Waals surface area contributed by atoms with Crippen molar-refractivity contribution < 1.29 is 0 Å². The Morgan fingerprint density at radius 3 is 2.32 bits per heavy atom. The summed E-state index contributed by atoms with van der Waals surface area (Å²) in [5.41, 5.74) is 1.24. The Balaban J connectivity index is 2.60. The van der Waals surface area contributed by atoms with Gasteiger partial charge in [-0.05, 0) is 34.1 Å². The molecule has 4 nitrogen and oxygen atoms in total. The molecular formula is C15H28N4. The van der Waals surface area contributed by atoms with Crippen molar-refractivity contribution >= 4 is 5.95 Å². The maximum Gasteiger partial charge on any atom is 0.225 e. The van der Waals surface area contributed by atoms with Crippen LogP contribution in [0.4, 0.5) is 5.95 Å². The molecule has 1 atom stereocenters. The Morgan fingerprint density at radius 1 is 1.26 bits per heavy atom. The lowest BCUT2D eigenvalue weighted by molar-refractivity contribution is 0.423. The van der Waals surface area contributed by atoms with Crippen molar-refractivity contribution in [2.75, 3.05) is 11.9 Å². The highest BCUT2D eigenvalue weighted by molar-refractivity contribution is 5.29. The Labute approximate surface area is 117 Å². The first-order valence-corrected chi connectivity index (χ1v) is 7.12. The van der Waals surface area contributed by atoms with Gasteiger partial charge >= 0.3 is 0 Å². The molecule has 0 spiro atoms. The van der Waals surface area contributed by atoms with E-state index in [9.17, 15) is 0 Å². The molecule has 108 valence electrons. The molecule has 1 rings (SSSR count). The molecule has 0 aromatic carbocycles. The van der Waals surface area contributed by atoms with Crippen LogP contribution >= 0.6 is 0 Å². The molecule has 0 saturated carbocycles. The third kappa shape index (κ3) is 5.55. The van der Waals surface area contributed by atoms with Gasteiger partial charge in [-0.1, -0.05) is 13.3 Å². The molecule has 19 heavy (non-hydrogen) atoms. The molecule has 1 unspecified atom stereocenters. The second-order valence-electron chi connectivity index (χ2n) is 6.24. The van der Waals surface area contributed by atoms with E-state index in [0.717, 1.165) is 24.5 Å². The predicted octanol–water partition coefficient (Wildman–Crippen LogP) is 2.99. The minimum absolute atomic E-state index is 0.116. The third-order valence-corrected chi connectivity index (χ3v) is 3.20. The zero-order valence-electron chi connectivity index (χ0n) is 13.2. The Kier molecular flexibility index (Phi) is 5.73. The molecule has 0 aliphatic rings. The summed E-state index contributed by atoms with van der Waals surface area (Å²) in [5.74, 6) is 0.806. The molecule has 0 fully saturated rings. The summed E-state index contributed by atoms with van der Waals surface area (Å²) in [6.45, 7) is 11.7. The van der Waals surface area contributed by atoms with E-state index in [0.29, 0.717) is 6.04 Å². The van der Waals surface area contributed by atoms with Gasteiger partial charge in [0.15, 0.2) is 0 Å². The lowest BCUT2D eigenvalue weighted by Crippen LogP contribution is -2.35. The summed E-state index contributed by atoms with van der Waals surface area (Å²) in [6.07, 6.45) is 6.17. The topological polar surface area (TPSA) is 41.1 Å². The average Bonchev–Trinajstić information content (AvgIpc) is 2.35. The lowest BCUT2D eigenvalue weighted by atomic mass is 10.1. The number of anilines is 1. The summed E-state index contributed by atoms with van der Waals surface area (Å²) in [5, 5.41) is 3.44. The SMILES string of the molecule is CCCC(C)N(C)c1ncc(CNC(C)(C)C)cn1. The van der Waals surface area contributed by atoms with E-state index in [2.05, 4.69) is 61.9 Å². The Bertz CT molecular complexity index is 367. The monoisotopic (exact) mass is 264 g/mol. The minimum Gasteiger partial charge on any atom is -0.341 e. The first kappa shape index (κ1) is 15.9. The zero-order valence-corrected chi connectivity index (χ0v) is 13.2. The van der Waals surface area contributed by atoms with Crippen molar-refractivity contribution in [3.05, 3.63) is 18.0 Å². The zero-order chi connectivity index (χ0) is 14.5. The predicted molar refractivity (Wildman–Crippen MR) is 81.4 cm³/mol. The van der Waals surface area contributed by atoms with E-state index in [-0.39, 0.29) is 5.54 Å². The smallest absolute Gasteiger partial charge is 0.225 e. The maximum atomic E-state index is 4.46. The molecule has 1 heterocycles. The van der Waals surface area contributed by atoms with Crippen molar-refractivity contribution in [2.45, 2.75) is 65.6 Å². The molecule has 1 aromatic rings. The number of hydrogen-bond acceptors (Lipinski definition) is 4. The normalized spacial score (nSPS) is 13.4. The second-order valence-corrected chi connectivity index (χ2v) is 6.24. The van der Waals surface area contributed by atoms with Crippen molar-refractivity contribution in [1.82, 2.24) is 15.3 Å². The standard InChI is InChI=1S/C15H28N4/c1-7-8-12(2)19(6)14-16-9-13(10-17-14)11-18-15(3,4)5/h9-10,12,18H,7-8,11H2,1-6H3. The quantitative estimate of drug-likeness (QED) is 0.857. The summed E-state index contributed by atoms with van der Waals surface area (Å²) in [6, 6.07) is 0.476. The van der Waals surface area contributed by atoms with Crippen LogP contribution in [0.3, 0.4) is 0 Å². The first-order valence-electron chi connectivity index (χ1n) is 7.12. The highest BCUT2D eigenvalue weighted by Crippen LogP contribution is 2.12. The second kappa shape index (κ2) is 6.85. The molecule has 0 amide bonds. The Hall–Kier alpha value is -1.16. The van der Waals surface area contributed by atoms with Gasteiger partial charge in [-0.15, -0.1) is 0 Å². The van der Waals surface area contributed by atoms with Crippen LogP contribution in [-0.2, 0) is 6.54 Å². The van der Waals surface area contributed by atoms with Crippen LogP contribution in [0.2, 0.25) is 0 Å². The number of nitrogens with one attached hydrogen (secondary N) is 1. The van der Waals surface area contributed by atoms with E-state index in [1.807, 2.05) is 12.4 Å². The molecule has 0 aliphatic heterocycles. The fraction of sp³-hybridized carbons (Fsp3) is 0.733. The maximum absolute atomic E-state index is 4.46. The van der Waals surface area contributed by atoms with Crippen LogP contribution in [0.5, 0.6) is 0 Å². The van der Waals surface area contributed by atoms with Crippen LogP contribution in [0.15, 0.2) is 12.4 Å². The van der Waals surface area contributed by atoms with Crippen LogP contribution < -0.4 is 10.2 Å². The molecule has 1 aromatic heterocycles. The van der Waals surface area contributed by atoms with Crippen LogP contribution in [0.1, 0.15) is 53.0 Å². The number of nitrogens with zero attached hydrogens (tertiary/aromatic N) is 3. The van der Waals surface area contributed by atoms with Crippen LogP contribution in [0.25, 0.3) is 0 Å². The fourth-order valence-electron chi connectivity index (χ4n) is 1.80. The molecule has 1 N–H and O–H groups in total. The van der Waals surface area contributed by atoms with Crippen molar-refractivity contribution in [3.63, 3.8) is 0 Å². The van der Waals surface area contributed by atoms with Gasteiger partial charge in [0.2, 0.25) is 5.95 Å². The van der Waals surface area contributed by atoms with E-state index in [1.54, 1.807) is 0 Å². The van der Waals surface area contributed by atoms with E-state index >= 15 is 0 Å².